The zero-order valence-corrected chi connectivity index (χ0v) is 11.8. The molecule has 0 fully saturated rings. The van der Waals surface area contributed by atoms with Gasteiger partial charge >= 0.3 is 0 Å². The van der Waals surface area contributed by atoms with E-state index in [0.29, 0.717) is 0 Å². The lowest BCUT2D eigenvalue weighted by molar-refractivity contribution is 0.340. The highest BCUT2D eigenvalue weighted by Crippen LogP contribution is 2.29. The van der Waals surface area contributed by atoms with Crippen LogP contribution in [0.25, 0.3) is 11.0 Å². The summed E-state index contributed by atoms with van der Waals surface area (Å²) in [6.45, 7) is 8.95. The lowest BCUT2D eigenvalue weighted by Crippen LogP contribution is -2.27. The van der Waals surface area contributed by atoms with E-state index < -0.39 is 0 Å². The van der Waals surface area contributed by atoms with Gasteiger partial charge in [-0.05, 0) is 44.9 Å². The SMILES string of the molecule is CCCc1nc2cc(N)ccc2n1C(C)(C)CC. The Labute approximate surface area is 109 Å². The molecule has 0 atom stereocenters. The van der Waals surface area contributed by atoms with E-state index in [1.807, 2.05) is 12.1 Å². The number of fused-ring (bicyclic) bond motifs is 1. The minimum Gasteiger partial charge on any atom is -0.399 e. The number of anilines is 1. The summed E-state index contributed by atoms with van der Waals surface area (Å²) < 4.78 is 2.38. The van der Waals surface area contributed by atoms with Gasteiger partial charge in [0.2, 0.25) is 0 Å². The molecule has 2 aromatic rings. The Bertz CT molecular complexity index is 552. The smallest absolute Gasteiger partial charge is 0.110 e. The van der Waals surface area contributed by atoms with Crippen molar-refractivity contribution in [2.45, 2.75) is 52.5 Å². The van der Waals surface area contributed by atoms with Crippen LogP contribution in [0.1, 0.15) is 46.4 Å². The van der Waals surface area contributed by atoms with Crippen molar-refractivity contribution < 1.29 is 0 Å². The van der Waals surface area contributed by atoms with Gasteiger partial charge in [0.1, 0.15) is 5.82 Å². The van der Waals surface area contributed by atoms with Gasteiger partial charge in [-0.1, -0.05) is 13.8 Å². The van der Waals surface area contributed by atoms with E-state index in [1.165, 1.54) is 11.3 Å². The van der Waals surface area contributed by atoms with E-state index >= 15 is 0 Å². The molecule has 3 nitrogen and oxygen atoms in total. The zero-order valence-electron chi connectivity index (χ0n) is 11.8. The number of rotatable bonds is 4. The second kappa shape index (κ2) is 4.63. The summed E-state index contributed by atoms with van der Waals surface area (Å²) in [7, 11) is 0. The van der Waals surface area contributed by atoms with E-state index in [2.05, 4.69) is 38.3 Å². The number of nitrogen functional groups attached to an aromatic ring is 1. The predicted molar refractivity (Wildman–Crippen MR) is 77.8 cm³/mol. The molecule has 18 heavy (non-hydrogen) atoms. The Morgan fingerprint density at radius 2 is 2.00 bits per heavy atom. The van der Waals surface area contributed by atoms with Gasteiger partial charge in [0, 0.05) is 17.6 Å². The molecule has 0 aliphatic carbocycles. The standard InChI is InChI=1S/C15H23N3/c1-5-7-14-17-12-10-11(16)8-9-13(12)18(14)15(3,4)6-2/h8-10H,5-7,16H2,1-4H3. The van der Waals surface area contributed by atoms with Crippen molar-refractivity contribution in [1.29, 1.82) is 0 Å². The topological polar surface area (TPSA) is 43.8 Å². The van der Waals surface area contributed by atoms with Gasteiger partial charge < -0.3 is 10.3 Å². The fraction of sp³-hybridized carbons (Fsp3) is 0.533. The summed E-state index contributed by atoms with van der Waals surface area (Å²) in [5, 5.41) is 0. The number of hydrogen-bond donors (Lipinski definition) is 1. The predicted octanol–water partition coefficient (Wildman–Crippen LogP) is 3.72. The fourth-order valence-electron chi connectivity index (χ4n) is 2.37. The third-order valence-electron chi connectivity index (χ3n) is 3.69. The van der Waals surface area contributed by atoms with Crippen molar-refractivity contribution in [3.05, 3.63) is 24.0 Å². The van der Waals surface area contributed by atoms with Gasteiger partial charge in [0.25, 0.3) is 0 Å². The lowest BCUT2D eigenvalue weighted by Gasteiger charge is -2.28. The van der Waals surface area contributed by atoms with Crippen molar-refractivity contribution in [1.82, 2.24) is 9.55 Å². The fourth-order valence-corrected chi connectivity index (χ4v) is 2.37. The molecule has 0 aliphatic rings. The number of nitrogens with zero attached hydrogens (tertiary/aromatic N) is 2. The van der Waals surface area contributed by atoms with Gasteiger partial charge in [-0.2, -0.15) is 0 Å². The molecule has 3 heteroatoms. The first-order valence-corrected chi connectivity index (χ1v) is 6.77. The van der Waals surface area contributed by atoms with E-state index in [1.54, 1.807) is 0 Å². The number of benzene rings is 1. The minimum absolute atomic E-state index is 0.0926. The van der Waals surface area contributed by atoms with Crippen LogP contribution in [0.15, 0.2) is 18.2 Å². The van der Waals surface area contributed by atoms with Crippen LogP contribution in [0.4, 0.5) is 5.69 Å². The Morgan fingerprint density at radius 3 is 2.61 bits per heavy atom. The van der Waals surface area contributed by atoms with E-state index in [0.717, 1.165) is 30.5 Å². The molecule has 1 aromatic heterocycles. The number of aromatic nitrogens is 2. The third kappa shape index (κ3) is 2.09. The van der Waals surface area contributed by atoms with Crippen LogP contribution in [0.5, 0.6) is 0 Å². The molecule has 1 heterocycles. The molecule has 0 amide bonds. The molecule has 0 unspecified atom stereocenters. The molecule has 0 saturated carbocycles. The average molecular weight is 245 g/mol. The van der Waals surface area contributed by atoms with Gasteiger partial charge in [-0.15, -0.1) is 0 Å². The quantitative estimate of drug-likeness (QED) is 0.834. The lowest BCUT2D eigenvalue weighted by atomic mass is 10.0. The van der Waals surface area contributed by atoms with Crippen LogP contribution >= 0.6 is 0 Å². The molecule has 0 saturated heterocycles. The molecule has 98 valence electrons. The summed E-state index contributed by atoms with van der Waals surface area (Å²) in [5.74, 6) is 1.17. The number of imidazole rings is 1. The summed E-state index contributed by atoms with van der Waals surface area (Å²) in [5.41, 5.74) is 8.93. The third-order valence-corrected chi connectivity index (χ3v) is 3.69. The van der Waals surface area contributed by atoms with Gasteiger partial charge in [0.05, 0.1) is 11.0 Å². The van der Waals surface area contributed by atoms with Crippen LogP contribution < -0.4 is 5.73 Å². The molecule has 0 radical (unpaired) electrons. The van der Waals surface area contributed by atoms with E-state index in [9.17, 15) is 0 Å². The maximum Gasteiger partial charge on any atom is 0.110 e. The number of aryl methyl sites for hydroxylation is 1. The number of nitrogens with two attached hydrogens (primary N) is 1. The largest absolute Gasteiger partial charge is 0.399 e. The summed E-state index contributed by atoms with van der Waals surface area (Å²) in [6, 6.07) is 6.02. The van der Waals surface area contributed by atoms with Gasteiger partial charge in [0.15, 0.2) is 0 Å². The average Bonchev–Trinajstić information content (AvgIpc) is 2.67. The highest BCUT2D eigenvalue weighted by atomic mass is 15.1. The molecule has 1 aromatic carbocycles. The summed E-state index contributed by atoms with van der Waals surface area (Å²) >= 11 is 0. The monoisotopic (exact) mass is 245 g/mol. The summed E-state index contributed by atoms with van der Waals surface area (Å²) in [4.78, 5) is 4.76. The van der Waals surface area contributed by atoms with Crippen LogP contribution in [-0.2, 0) is 12.0 Å². The molecule has 0 aliphatic heterocycles. The maximum atomic E-state index is 5.85. The van der Waals surface area contributed by atoms with Gasteiger partial charge in [-0.25, -0.2) is 4.98 Å². The van der Waals surface area contributed by atoms with E-state index in [4.69, 9.17) is 10.7 Å². The minimum atomic E-state index is 0.0926. The first-order valence-electron chi connectivity index (χ1n) is 6.77. The van der Waals surface area contributed by atoms with Crippen molar-refractivity contribution >= 4 is 16.7 Å². The Kier molecular flexibility index (Phi) is 3.33. The van der Waals surface area contributed by atoms with Crippen LogP contribution in [-0.4, -0.2) is 9.55 Å². The number of hydrogen-bond acceptors (Lipinski definition) is 2. The van der Waals surface area contributed by atoms with Crippen molar-refractivity contribution in [2.24, 2.45) is 0 Å². The van der Waals surface area contributed by atoms with Crippen LogP contribution in [0.2, 0.25) is 0 Å². The molecule has 2 rings (SSSR count). The highest BCUT2D eigenvalue weighted by Gasteiger charge is 2.23. The molecular formula is C15H23N3. The molecule has 0 spiro atoms. The highest BCUT2D eigenvalue weighted by molar-refractivity contribution is 5.80. The Morgan fingerprint density at radius 1 is 1.28 bits per heavy atom. The molecule has 0 bridgehead atoms. The van der Waals surface area contributed by atoms with Crippen LogP contribution in [0.3, 0.4) is 0 Å². The summed E-state index contributed by atoms with van der Waals surface area (Å²) in [6.07, 6.45) is 3.20. The van der Waals surface area contributed by atoms with Crippen molar-refractivity contribution in [3.8, 4) is 0 Å². The Balaban J connectivity index is 2.70. The zero-order chi connectivity index (χ0) is 13.3. The first kappa shape index (κ1) is 12.9. The molecule has 2 N–H and O–H groups in total. The maximum absolute atomic E-state index is 5.85. The normalized spacial score (nSPS) is 12.2. The second-order valence-corrected chi connectivity index (χ2v) is 5.53. The second-order valence-electron chi connectivity index (χ2n) is 5.53. The van der Waals surface area contributed by atoms with Crippen LogP contribution in [0, 0.1) is 0 Å². The van der Waals surface area contributed by atoms with E-state index in [-0.39, 0.29) is 5.54 Å². The van der Waals surface area contributed by atoms with Crippen molar-refractivity contribution in [3.63, 3.8) is 0 Å². The van der Waals surface area contributed by atoms with Crippen molar-refractivity contribution in [2.75, 3.05) is 5.73 Å². The Hall–Kier alpha value is -1.51. The molecular weight excluding hydrogens is 222 g/mol. The van der Waals surface area contributed by atoms with Gasteiger partial charge in [-0.3, -0.25) is 0 Å². The first-order chi connectivity index (χ1) is 8.49.